The van der Waals surface area contributed by atoms with Crippen molar-refractivity contribution in [3.63, 3.8) is 0 Å². The highest BCUT2D eigenvalue weighted by atomic mass is 19.1. The first kappa shape index (κ1) is 20.9. The fourth-order valence-electron chi connectivity index (χ4n) is 3.46. The fourth-order valence-corrected chi connectivity index (χ4v) is 3.46. The first-order valence-corrected chi connectivity index (χ1v) is 9.91. The Bertz CT molecular complexity index is 1110. The van der Waals surface area contributed by atoms with Crippen LogP contribution >= 0.6 is 0 Å². The van der Waals surface area contributed by atoms with Gasteiger partial charge in [-0.2, -0.15) is 5.10 Å². The second-order valence-corrected chi connectivity index (χ2v) is 7.38. The van der Waals surface area contributed by atoms with Gasteiger partial charge >= 0.3 is 0 Å². The number of nitrogens with zero attached hydrogens (tertiary/aromatic N) is 3. The number of benzene rings is 2. The van der Waals surface area contributed by atoms with Crippen molar-refractivity contribution in [1.29, 1.82) is 0 Å². The Balaban J connectivity index is 1.30. The maximum Gasteiger partial charge on any atom is 0.234 e. The second-order valence-electron chi connectivity index (χ2n) is 7.38. The summed E-state index contributed by atoms with van der Waals surface area (Å²) in [6, 6.07) is 9.41. The Labute approximate surface area is 177 Å². The lowest BCUT2D eigenvalue weighted by atomic mass is 10.0. The van der Waals surface area contributed by atoms with Crippen LogP contribution in [0.15, 0.2) is 60.9 Å². The van der Waals surface area contributed by atoms with Crippen LogP contribution in [0.3, 0.4) is 0 Å². The van der Waals surface area contributed by atoms with Gasteiger partial charge in [0.05, 0.1) is 18.4 Å². The highest BCUT2D eigenvalue weighted by molar-refractivity contribution is 5.78. The minimum atomic E-state index is -0.674. The van der Waals surface area contributed by atoms with E-state index in [0.29, 0.717) is 13.1 Å². The molecule has 3 aromatic rings. The molecule has 4 rings (SSSR count). The molecule has 0 atom stereocenters. The van der Waals surface area contributed by atoms with E-state index in [-0.39, 0.29) is 30.4 Å². The predicted molar refractivity (Wildman–Crippen MR) is 111 cm³/mol. The molecule has 0 saturated heterocycles. The van der Waals surface area contributed by atoms with Crippen molar-refractivity contribution >= 4 is 11.5 Å². The smallest absolute Gasteiger partial charge is 0.234 e. The zero-order valence-corrected chi connectivity index (χ0v) is 16.7. The Hall–Kier alpha value is -3.39. The Kier molecular flexibility index (Phi) is 6.18. The van der Waals surface area contributed by atoms with Crippen molar-refractivity contribution in [2.75, 3.05) is 19.6 Å². The summed E-state index contributed by atoms with van der Waals surface area (Å²) in [7, 11) is 0. The van der Waals surface area contributed by atoms with E-state index in [0.717, 1.165) is 29.3 Å². The average Bonchev–Trinajstić information content (AvgIpc) is 3.24. The van der Waals surface area contributed by atoms with Crippen LogP contribution < -0.4 is 5.32 Å². The third kappa shape index (κ3) is 5.21. The standard InChI is InChI=1S/C23H21F3N4O/c24-19-3-5-21(6-4-19)30-14-18(13-28-30)16-7-9-29(10-8-16)15-23(31)27-12-17-1-2-20(25)11-22(17)26/h1-7,11,13-14H,8-10,12,15H2,(H,27,31). The summed E-state index contributed by atoms with van der Waals surface area (Å²) < 4.78 is 41.4. The molecule has 0 bridgehead atoms. The molecule has 0 radical (unpaired) electrons. The van der Waals surface area contributed by atoms with Crippen molar-refractivity contribution in [3.05, 3.63) is 89.5 Å². The first-order valence-electron chi connectivity index (χ1n) is 9.91. The van der Waals surface area contributed by atoms with E-state index in [4.69, 9.17) is 0 Å². The van der Waals surface area contributed by atoms with Gasteiger partial charge in [0.1, 0.15) is 17.5 Å². The van der Waals surface area contributed by atoms with E-state index in [1.807, 2.05) is 11.1 Å². The highest BCUT2D eigenvalue weighted by Crippen LogP contribution is 2.23. The van der Waals surface area contributed by atoms with E-state index in [2.05, 4.69) is 16.5 Å². The largest absolute Gasteiger partial charge is 0.351 e. The van der Waals surface area contributed by atoms with Crippen LogP contribution in [-0.4, -0.2) is 40.2 Å². The number of carbonyl (C=O) groups is 1. The van der Waals surface area contributed by atoms with Crippen molar-refractivity contribution in [3.8, 4) is 5.69 Å². The molecule has 0 fully saturated rings. The van der Waals surface area contributed by atoms with E-state index in [1.54, 1.807) is 23.0 Å². The highest BCUT2D eigenvalue weighted by Gasteiger charge is 2.17. The van der Waals surface area contributed by atoms with Crippen molar-refractivity contribution < 1.29 is 18.0 Å². The molecule has 0 saturated carbocycles. The molecule has 0 aliphatic carbocycles. The Morgan fingerprint density at radius 3 is 2.55 bits per heavy atom. The van der Waals surface area contributed by atoms with Crippen LogP contribution in [0.2, 0.25) is 0 Å². The molecule has 1 N–H and O–H groups in total. The van der Waals surface area contributed by atoms with Gasteiger partial charge < -0.3 is 5.32 Å². The van der Waals surface area contributed by atoms with Gasteiger partial charge in [-0.05, 0) is 42.3 Å². The maximum absolute atomic E-state index is 13.7. The molecule has 1 aliphatic rings. The fraction of sp³-hybridized carbons (Fsp3) is 0.217. The number of hydrogen-bond acceptors (Lipinski definition) is 3. The van der Waals surface area contributed by atoms with Gasteiger partial charge in [-0.15, -0.1) is 0 Å². The molecular weight excluding hydrogens is 405 g/mol. The molecular formula is C23H21F3N4O. The summed E-state index contributed by atoms with van der Waals surface area (Å²) in [4.78, 5) is 14.2. The average molecular weight is 426 g/mol. The molecule has 31 heavy (non-hydrogen) atoms. The molecule has 1 aromatic heterocycles. The van der Waals surface area contributed by atoms with E-state index in [9.17, 15) is 18.0 Å². The molecule has 0 unspecified atom stereocenters. The van der Waals surface area contributed by atoms with Gasteiger partial charge in [-0.25, -0.2) is 17.9 Å². The minimum absolute atomic E-state index is 0.0163. The van der Waals surface area contributed by atoms with Crippen molar-refractivity contribution in [2.45, 2.75) is 13.0 Å². The topological polar surface area (TPSA) is 50.2 Å². The number of aromatic nitrogens is 2. The zero-order valence-electron chi connectivity index (χ0n) is 16.7. The summed E-state index contributed by atoms with van der Waals surface area (Å²) in [6.07, 6.45) is 6.49. The Morgan fingerprint density at radius 1 is 1.06 bits per heavy atom. The number of halogens is 3. The van der Waals surface area contributed by atoms with Gasteiger partial charge in [-0.1, -0.05) is 12.1 Å². The van der Waals surface area contributed by atoms with Crippen molar-refractivity contribution in [2.24, 2.45) is 0 Å². The van der Waals surface area contributed by atoms with E-state index >= 15 is 0 Å². The minimum Gasteiger partial charge on any atom is -0.351 e. The maximum atomic E-state index is 13.7. The molecule has 2 heterocycles. The molecule has 5 nitrogen and oxygen atoms in total. The van der Waals surface area contributed by atoms with Gasteiger partial charge in [0.15, 0.2) is 0 Å². The molecule has 160 valence electrons. The van der Waals surface area contributed by atoms with Gasteiger partial charge in [0, 0.05) is 43.0 Å². The van der Waals surface area contributed by atoms with Crippen LogP contribution in [0.25, 0.3) is 11.3 Å². The third-order valence-corrected chi connectivity index (χ3v) is 5.20. The number of amides is 1. The normalized spacial score (nSPS) is 14.4. The lowest BCUT2D eigenvalue weighted by molar-refractivity contribution is -0.122. The third-order valence-electron chi connectivity index (χ3n) is 5.20. The molecule has 2 aromatic carbocycles. The summed E-state index contributed by atoms with van der Waals surface area (Å²) in [5.74, 6) is -1.83. The summed E-state index contributed by atoms with van der Waals surface area (Å²) in [6.45, 7) is 1.52. The summed E-state index contributed by atoms with van der Waals surface area (Å²) >= 11 is 0. The SMILES string of the molecule is O=C(CN1CC=C(c2cnn(-c3ccc(F)cc3)c2)CC1)NCc1ccc(F)cc1F. The molecule has 0 spiro atoms. The lowest BCUT2D eigenvalue weighted by Crippen LogP contribution is -2.39. The van der Waals surface area contributed by atoms with Crippen LogP contribution in [0.4, 0.5) is 13.2 Å². The molecule has 1 amide bonds. The molecule has 1 aliphatic heterocycles. The number of nitrogens with one attached hydrogen (secondary N) is 1. The van der Waals surface area contributed by atoms with Crippen molar-refractivity contribution in [1.82, 2.24) is 20.0 Å². The van der Waals surface area contributed by atoms with Gasteiger partial charge in [0.2, 0.25) is 5.91 Å². The zero-order chi connectivity index (χ0) is 21.8. The van der Waals surface area contributed by atoms with Gasteiger partial charge in [-0.3, -0.25) is 9.69 Å². The number of hydrogen-bond donors (Lipinski definition) is 1. The predicted octanol–water partition coefficient (Wildman–Crippen LogP) is 3.70. The van der Waals surface area contributed by atoms with Crippen LogP contribution in [0.5, 0.6) is 0 Å². The summed E-state index contributed by atoms with van der Waals surface area (Å²) in [5, 5.41) is 7.02. The lowest BCUT2D eigenvalue weighted by Gasteiger charge is -2.25. The monoisotopic (exact) mass is 426 g/mol. The van der Waals surface area contributed by atoms with Gasteiger partial charge in [0.25, 0.3) is 0 Å². The first-order chi connectivity index (χ1) is 15.0. The van der Waals surface area contributed by atoms with E-state index in [1.165, 1.54) is 24.3 Å². The summed E-state index contributed by atoms with van der Waals surface area (Å²) in [5.41, 5.74) is 3.15. The quantitative estimate of drug-likeness (QED) is 0.654. The van der Waals surface area contributed by atoms with Crippen LogP contribution in [0.1, 0.15) is 17.5 Å². The second kappa shape index (κ2) is 9.18. The number of carbonyl (C=O) groups excluding carboxylic acids is 1. The Morgan fingerprint density at radius 2 is 1.84 bits per heavy atom. The van der Waals surface area contributed by atoms with E-state index < -0.39 is 11.6 Å². The van der Waals surface area contributed by atoms with Crippen LogP contribution in [0, 0.1) is 17.5 Å². The van der Waals surface area contributed by atoms with Crippen LogP contribution in [-0.2, 0) is 11.3 Å². The molecule has 8 heteroatoms. The number of rotatable bonds is 6.